The average molecular weight is 364 g/mol. The van der Waals surface area contributed by atoms with E-state index in [-0.39, 0.29) is 11.5 Å². The smallest absolute Gasteiger partial charge is 0.307 e. The molecular formula is C17H14F2N2O3S. The van der Waals surface area contributed by atoms with Gasteiger partial charge in [0.2, 0.25) is 0 Å². The van der Waals surface area contributed by atoms with Gasteiger partial charge in [-0.05, 0) is 25.1 Å². The Labute approximate surface area is 146 Å². The predicted octanol–water partition coefficient (Wildman–Crippen LogP) is 4.55. The van der Waals surface area contributed by atoms with Crippen molar-refractivity contribution in [3.63, 3.8) is 0 Å². The van der Waals surface area contributed by atoms with Gasteiger partial charge in [0, 0.05) is 10.9 Å². The summed E-state index contributed by atoms with van der Waals surface area (Å²) in [5.41, 5.74) is 3.72. The Morgan fingerprint density at radius 2 is 2.08 bits per heavy atom. The maximum atomic E-state index is 12.2. The zero-order valence-electron chi connectivity index (χ0n) is 13.2. The second kappa shape index (κ2) is 7.52. The fraction of sp³-hybridized carbons (Fsp3) is 0.176. The van der Waals surface area contributed by atoms with Gasteiger partial charge in [0.1, 0.15) is 17.1 Å². The van der Waals surface area contributed by atoms with Crippen LogP contribution in [-0.4, -0.2) is 17.9 Å². The van der Waals surface area contributed by atoms with Gasteiger partial charge in [-0.25, -0.2) is 5.43 Å². The van der Waals surface area contributed by atoms with E-state index in [1.165, 1.54) is 6.21 Å². The highest BCUT2D eigenvalue weighted by molar-refractivity contribution is 7.98. The summed E-state index contributed by atoms with van der Waals surface area (Å²) in [5, 5.41) is 4.67. The molecule has 1 aromatic carbocycles. The molecule has 1 amide bonds. The van der Waals surface area contributed by atoms with Crippen LogP contribution in [0.5, 0.6) is 0 Å². The first-order valence-electron chi connectivity index (χ1n) is 7.34. The minimum atomic E-state index is -2.45. The lowest BCUT2D eigenvalue weighted by atomic mass is 10.1. The molecule has 0 spiro atoms. The molecule has 3 aromatic rings. The molecule has 2 heterocycles. The number of halogens is 2. The maximum absolute atomic E-state index is 12.2. The van der Waals surface area contributed by atoms with Crippen LogP contribution in [0.4, 0.5) is 8.78 Å². The molecule has 2 aromatic heterocycles. The number of rotatable bonds is 6. The fourth-order valence-corrected chi connectivity index (χ4v) is 2.73. The number of nitrogens with one attached hydrogen (secondary N) is 1. The van der Waals surface area contributed by atoms with Crippen molar-refractivity contribution < 1.29 is 22.4 Å². The number of furan rings is 2. The van der Waals surface area contributed by atoms with E-state index in [0.29, 0.717) is 28.9 Å². The Morgan fingerprint density at radius 1 is 1.28 bits per heavy atom. The lowest BCUT2D eigenvalue weighted by Crippen LogP contribution is -2.17. The van der Waals surface area contributed by atoms with Crippen LogP contribution in [0, 0.1) is 6.92 Å². The van der Waals surface area contributed by atoms with E-state index in [1.54, 1.807) is 25.1 Å². The Kier molecular flexibility index (Phi) is 5.18. The molecule has 0 aliphatic rings. The van der Waals surface area contributed by atoms with E-state index in [9.17, 15) is 13.6 Å². The molecule has 3 rings (SSSR count). The van der Waals surface area contributed by atoms with Gasteiger partial charge in [-0.1, -0.05) is 30.0 Å². The minimum absolute atomic E-state index is 0.0655. The highest BCUT2D eigenvalue weighted by atomic mass is 32.2. The van der Waals surface area contributed by atoms with E-state index < -0.39 is 11.7 Å². The number of carbonyl (C=O) groups excluding carboxylic acids is 1. The largest absolute Gasteiger partial charge is 0.459 e. The van der Waals surface area contributed by atoms with Crippen LogP contribution in [0.15, 0.2) is 50.3 Å². The molecule has 0 saturated heterocycles. The number of hydrazone groups is 1. The third kappa shape index (κ3) is 4.08. The van der Waals surface area contributed by atoms with Crippen LogP contribution >= 0.6 is 11.8 Å². The van der Waals surface area contributed by atoms with Gasteiger partial charge < -0.3 is 8.83 Å². The molecule has 0 fully saturated rings. The van der Waals surface area contributed by atoms with E-state index >= 15 is 0 Å². The van der Waals surface area contributed by atoms with Gasteiger partial charge in [0.05, 0.1) is 12.0 Å². The van der Waals surface area contributed by atoms with E-state index in [0.717, 1.165) is 10.9 Å². The number of amides is 1. The zero-order valence-corrected chi connectivity index (χ0v) is 14.0. The number of fused-ring (bicyclic) bond motifs is 1. The molecule has 0 aliphatic heterocycles. The summed E-state index contributed by atoms with van der Waals surface area (Å²) in [7, 11) is 0. The molecule has 0 atom stereocenters. The zero-order chi connectivity index (χ0) is 17.8. The first kappa shape index (κ1) is 17.2. The third-order valence-electron chi connectivity index (χ3n) is 3.44. The van der Waals surface area contributed by atoms with Gasteiger partial charge in [-0.2, -0.15) is 13.9 Å². The molecule has 0 radical (unpaired) electrons. The molecule has 8 heteroatoms. The first-order valence-corrected chi connectivity index (χ1v) is 8.39. The van der Waals surface area contributed by atoms with Gasteiger partial charge in [-0.15, -0.1) is 0 Å². The van der Waals surface area contributed by atoms with Gasteiger partial charge in [0.15, 0.2) is 5.76 Å². The maximum Gasteiger partial charge on any atom is 0.307 e. The number of hydrogen-bond acceptors (Lipinski definition) is 5. The Bertz CT molecular complexity index is 918. The summed E-state index contributed by atoms with van der Waals surface area (Å²) in [6, 6.07) is 10.5. The standard InChI is InChI=1S/C17H14F2N2O3S/c1-10-13-4-2-3-5-14(13)24-15(10)16(22)21-20-8-11-6-7-12(23-11)9-25-17(18)19/h2-8,17H,9H2,1H3,(H,21,22)/b20-8-. The topological polar surface area (TPSA) is 67.7 Å². The van der Waals surface area contributed by atoms with Crippen molar-refractivity contribution in [1.82, 2.24) is 5.43 Å². The molecular weight excluding hydrogens is 350 g/mol. The van der Waals surface area contributed by atoms with Gasteiger partial charge in [0.25, 0.3) is 5.76 Å². The number of nitrogens with zero attached hydrogens (tertiary/aromatic N) is 1. The number of para-hydroxylation sites is 1. The van der Waals surface area contributed by atoms with Crippen LogP contribution in [-0.2, 0) is 5.75 Å². The number of alkyl halides is 2. The molecule has 0 unspecified atom stereocenters. The lowest BCUT2D eigenvalue weighted by molar-refractivity contribution is 0.0928. The summed E-state index contributed by atoms with van der Waals surface area (Å²) >= 11 is 0.474. The Morgan fingerprint density at radius 3 is 2.84 bits per heavy atom. The van der Waals surface area contributed by atoms with Gasteiger partial charge in [-0.3, -0.25) is 4.79 Å². The highest BCUT2D eigenvalue weighted by Gasteiger charge is 2.16. The molecule has 1 N–H and O–H groups in total. The van der Waals surface area contributed by atoms with E-state index in [1.807, 2.05) is 18.2 Å². The summed E-state index contributed by atoms with van der Waals surface area (Å²) in [6.45, 7) is 1.80. The highest BCUT2D eigenvalue weighted by Crippen LogP contribution is 2.24. The van der Waals surface area contributed by atoms with E-state index in [2.05, 4.69) is 10.5 Å². The van der Waals surface area contributed by atoms with Crippen LogP contribution in [0.2, 0.25) is 0 Å². The summed E-state index contributed by atoms with van der Waals surface area (Å²) in [5.74, 6) is -1.92. The van der Waals surface area contributed by atoms with Crippen molar-refractivity contribution in [1.29, 1.82) is 0 Å². The quantitative estimate of drug-likeness (QED) is 0.514. The molecule has 25 heavy (non-hydrogen) atoms. The number of hydrogen-bond donors (Lipinski definition) is 1. The van der Waals surface area contributed by atoms with E-state index in [4.69, 9.17) is 8.83 Å². The van der Waals surface area contributed by atoms with Crippen molar-refractivity contribution in [2.24, 2.45) is 5.10 Å². The molecule has 0 saturated carbocycles. The second-order valence-electron chi connectivity index (χ2n) is 5.13. The van der Waals surface area contributed by atoms with Crippen molar-refractivity contribution >= 4 is 34.9 Å². The summed E-state index contributed by atoms with van der Waals surface area (Å²) in [4.78, 5) is 12.2. The number of carbonyl (C=O) groups is 1. The van der Waals surface area contributed by atoms with Crippen LogP contribution in [0.25, 0.3) is 11.0 Å². The van der Waals surface area contributed by atoms with Gasteiger partial charge >= 0.3 is 5.91 Å². The third-order valence-corrected chi connectivity index (χ3v) is 4.14. The number of thioether (sulfide) groups is 1. The van der Waals surface area contributed by atoms with Crippen molar-refractivity contribution in [3.05, 3.63) is 59.2 Å². The number of benzene rings is 1. The summed E-state index contributed by atoms with van der Waals surface area (Å²) in [6.07, 6.45) is 1.30. The van der Waals surface area contributed by atoms with Crippen molar-refractivity contribution in [3.8, 4) is 0 Å². The predicted molar refractivity (Wildman–Crippen MR) is 92.0 cm³/mol. The normalized spacial score (nSPS) is 11.7. The Balaban J connectivity index is 1.63. The fourth-order valence-electron chi connectivity index (χ4n) is 2.28. The molecule has 5 nitrogen and oxygen atoms in total. The SMILES string of the molecule is Cc1c(C(=O)N/N=C\c2ccc(CSC(F)F)o2)oc2ccccc12. The first-order chi connectivity index (χ1) is 12.0. The van der Waals surface area contributed by atoms with Crippen LogP contribution < -0.4 is 5.43 Å². The second-order valence-corrected chi connectivity index (χ2v) is 6.11. The van der Waals surface area contributed by atoms with Crippen LogP contribution in [0.3, 0.4) is 0 Å². The summed E-state index contributed by atoms with van der Waals surface area (Å²) < 4.78 is 35.1. The molecule has 130 valence electrons. The van der Waals surface area contributed by atoms with Crippen LogP contribution in [0.1, 0.15) is 27.6 Å². The Hall–Kier alpha value is -2.61. The monoisotopic (exact) mass is 364 g/mol. The minimum Gasteiger partial charge on any atom is -0.459 e. The molecule has 0 aliphatic carbocycles. The van der Waals surface area contributed by atoms with Crippen molar-refractivity contribution in [2.75, 3.05) is 0 Å². The average Bonchev–Trinajstić information content (AvgIpc) is 3.18. The van der Waals surface area contributed by atoms with Crippen molar-refractivity contribution in [2.45, 2.75) is 18.4 Å². The number of aryl methyl sites for hydroxylation is 1. The lowest BCUT2D eigenvalue weighted by Gasteiger charge is -1.97. The molecule has 0 bridgehead atoms.